The maximum atomic E-state index is 13.0. The lowest BCUT2D eigenvalue weighted by molar-refractivity contribution is 0.347. The molecule has 0 aliphatic carbocycles. The van der Waals surface area contributed by atoms with Crippen molar-refractivity contribution in [2.45, 2.75) is 45.7 Å². The molecule has 0 aromatic heterocycles. The third-order valence-corrected chi connectivity index (χ3v) is 3.14. The van der Waals surface area contributed by atoms with Crippen molar-refractivity contribution in [1.82, 2.24) is 5.32 Å². The van der Waals surface area contributed by atoms with Crippen LogP contribution in [0.1, 0.15) is 39.7 Å². The molecule has 1 aromatic rings. The third kappa shape index (κ3) is 3.19. The number of hydrogen-bond acceptors (Lipinski definition) is 1. The van der Waals surface area contributed by atoms with Crippen LogP contribution >= 0.6 is 11.6 Å². The number of hydrogen-bond donors (Lipinski definition) is 1. The van der Waals surface area contributed by atoms with Crippen LogP contribution in [-0.2, 0) is 5.54 Å². The molecule has 0 amide bonds. The molecule has 0 saturated carbocycles. The average Bonchev–Trinajstić information content (AvgIpc) is 2.16. The minimum absolute atomic E-state index is 0.250. The van der Waals surface area contributed by atoms with Gasteiger partial charge in [-0.25, -0.2) is 4.39 Å². The SMILES string of the molecule is CCC(C)NC(C)(C)c1ccc(F)cc1Cl. The molecule has 1 aromatic carbocycles. The van der Waals surface area contributed by atoms with Gasteiger partial charge in [0.2, 0.25) is 0 Å². The van der Waals surface area contributed by atoms with Gasteiger partial charge in [-0.1, -0.05) is 24.6 Å². The summed E-state index contributed by atoms with van der Waals surface area (Å²) in [6, 6.07) is 4.95. The van der Waals surface area contributed by atoms with Crippen molar-refractivity contribution < 1.29 is 4.39 Å². The van der Waals surface area contributed by atoms with Crippen LogP contribution in [0.5, 0.6) is 0 Å². The Morgan fingerprint density at radius 2 is 2.06 bits per heavy atom. The first-order valence-corrected chi connectivity index (χ1v) is 5.98. The van der Waals surface area contributed by atoms with Crippen LogP contribution in [0, 0.1) is 5.82 Å². The number of rotatable bonds is 4. The van der Waals surface area contributed by atoms with E-state index >= 15 is 0 Å². The van der Waals surface area contributed by atoms with E-state index in [0.717, 1.165) is 12.0 Å². The van der Waals surface area contributed by atoms with Gasteiger partial charge < -0.3 is 5.32 Å². The van der Waals surface area contributed by atoms with Gasteiger partial charge in [0.25, 0.3) is 0 Å². The lowest BCUT2D eigenvalue weighted by Gasteiger charge is -2.31. The summed E-state index contributed by atoms with van der Waals surface area (Å²) in [7, 11) is 0. The summed E-state index contributed by atoms with van der Waals surface area (Å²) in [5, 5.41) is 3.95. The van der Waals surface area contributed by atoms with Gasteiger partial charge in [-0.15, -0.1) is 0 Å². The fourth-order valence-corrected chi connectivity index (χ4v) is 2.20. The van der Waals surface area contributed by atoms with E-state index in [-0.39, 0.29) is 11.4 Å². The molecule has 0 bridgehead atoms. The monoisotopic (exact) mass is 243 g/mol. The first kappa shape index (κ1) is 13.5. The smallest absolute Gasteiger partial charge is 0.124 e. The zero-order valence-electron chi connectivity index (χ0n) is 10.3. The summed E-state index contributed by atoms with van der Waals surface area (Å²) in [4.78, 5) is 0. The van der Waals surface area contributed by atoms with Crippen molar-refractivity contribution >= 4 is 11.6 Å². The third-order valence-electron chi connectivity index (χ3n) is 2.82. The number of nitrogens with one attached hydrogen (secondary N) is 1. The quantitative estimate of drug-likeness (QED) is 0.840. The van der Waals surface area contributed by atoms with Gasteiger partial charge in [-0.05, 0) is 44.9 Å². The molecule has 0 saturated heterocycles. The minimum atomic E-state index is -0.298. The summed E-state index contributed by atoms with van der Waals surface area (Å²) >= 11 is 6.06. The highest BCUT2D eigenvalue weighted by atomic mass is 35.5. The maximum Gasteiger partial charge on any atom is 0.124 e. The van der Waals surface area contributed by atoms with Crippen LogP contribution in [0.3, 0.4) is 0 Å². The largest absolute Gasteiger partial charge is 0.305 e. The first-order valence-electron chi connectivity index (χ1n) is 5.60. The van der Waals surface area contributed by atoms with Gasteiger partial charge in [-0.2, -0.15) is 0 Å². The second-order valence-corrected chi connectivity index (χ2v) is 5.11. The highest BCUT2D eigenvalue weighted by molar-refractivity contribution is 6.31. The lowest BCUT2D eigenvalue weighted by Crippen LogP contribution is -2.42. The topological polar surface area (TPSA) is 12.0 Å². The molecule has 0 aliphatic heterocycles. The van der Waals surface area contributed by atoms with E-state index in [0.29, 0.717) is 11.1 Å². The van der Waals surface area contributed by atoms with E-state index in [1.165, 1.54) is 12.1 Å². The number of benzene rings is 1. The molecular weight excluding hydrogens is 225 g/mol. The predicted octanol–water partition coefficient (Wildman–Crippen LogP) is 4.10. The molecule has 16 heavy (non-hydrogen) atoms. The Balaban J connectivity index is 2.97. The van der Waals surface area contributed by atoms with Crippen molar-refractivity contribution in [2.75, 3.05) is 0 Å². The highest BCUT2D eigenvalue weighted by Crippen LogP contribution is 2.28. The van der Waals surface area contributed by atoms with E-state index in [9.17, 15) is 4.39 Å². The van der Waals surface area contributed by atoms with E-state index in [4.69, 9.17) is 11.6 Å². The molecule has 1 N–H and O–H groups in total. The molecule has 0 heterocycles. The van der Waals surface area contributed by atoms with Gasteiger partial charge >= 0.3 is 0 Å². The van der Waals surface area contributed by atoms with Crippen LogP contribution < -0.4 is 5.32 Å². The molecule has 3 heteroatoms. The fraction of sp³-hybridized carbons (Fsp3) is 0.538. The minimum Gasteiger partial charge on any atom is -0.305 e. The molecule has 0 aliphatic rings. The van der Waals surface area contributed by atoms with Gasteiger partial charge in [-0.3, -0.25) is 0 Å². The van der Waals surface area contributed by atoms with Gasteiger partial charge in [0.1, 0.15) is 5.82 Å². The molecule has 1 rings (SSSR count). The van der Waals surface area contributed by atoms with E-state index in [1.54, 1.807) is 6.07 Å². The standard InChI is InChI=1S/C13H19ClFN/c1-5-9(2)16-13(3,4)11-7-6-10(15)8-12(11)14/h6-9,16H,5H2,1-4H3. The maximum absolute atomic E-state index is 13.0. The normalized spacial score (nSPS) is 13.9. The summed E-state index contributed by atoms with van der Waals surface area (Å²) < 4.78 is 13.0. The van der Waals surface area contributed by atoms with Crippen molar-refractivity contribution in [2.24, 2.45) is 0 Å². The van der Waals surface area contributed by atoms with E-state index in [2.05, 4.69) is 33.0 Å². The van der Waals surface area contributed by atoms with Crippen molar-refractivity contribution in [3.05, 3.63) is 34.6 Å². The molecule has 90 valence electrons. The van der Waals surface area contributed by atoms with Crippen molar-refractivity contribution in [3.8, 4) is 0 Å². The van der Waals surface area contributed by atoms with Crippen molar-refractivity contribution in [3.63, 3.8) is 0 Å². The van der Waals surface area contributed by atoms with Crippen molar-refractivity contribution in [1.29, 1.82) is 0 Å². The van der Waals surface area contributed by atoms with Gasteiger partial charge in [0.15, 0.2) is 0 Å². The Hall–Kier alpha value is -0.600. The van der Waals surface area contributed by atoms with Crippen LogP contribution in [-0.4, -0.2) is 6.04 Å². The Morgan fingerprint density at radius 3 is 2.56 bits per heavy atom. The summed E-state index contributed by atoms with van der Waals surface area (Å²) in [6.07, 6.45) is 1.04. The molecule has 1 unspecified atom stereocenters. The predicted molar refractivity (Wildman–Crippen MR) is 67.3 cm³/mol. The molecule has 0 fully saturated rings. The second-order valence-electron chi connectivity index (χ2n) is 4.70. The molecule has 0 spiro atoms. The Bertz CT molecular complexity index is 363. The second kappa shape index (κ2) is 5.15. The van der Waals surface area contributed by atoms with E-state index < -0.39 is 0 Å². The summed E-state index contributed by atoms with van der Waals surface area (Å²) in [6.45, 7) is 8.36. The Kier molecular flexibility index (Phi) is 4.34. The Labute approximate surface area is 102 Å². The zero-order chi connectivity index (χ0) is 12.3. The first-order chi connectivity index (χ1) is 7.36. The fourth-order valence-electron chi connectivity index (χ4n) is 1.79. The highest BCUT2D eigenvalue weighted by Gasteiger charge is 2.24. The van der Waals surface area contributed by atoms with Crippen LogP contribution in [0.2, 0.25) is 5.02 Å². The lowest BCUT2D eigenvalue weighted by atomic mass is 9.93. The molecular formula is C13H19ClFN. The average molecular weight is 244 g/mol. The molecule has 0 radical (unpaired) electrons. The molecule has 1 nitrogen and oxygen atoms in total. The van der Waals surface area contributed by atoms with Gasteiger partial charge in [0.05, 0.1) is 0 Å². The van der Waals surface area contributed by atoms with E-state index in [1.807, 2.05) is 0 Å². The molecule has 1 atom stereocenters. The van der Waals surface area contributed by atoms with Crippen LogP contribution in [0.4, 0.5) is 4.39 Å². The van der Waals surface area contributed by atoms with Crippen LogP contribution in [0.25, 0.3) is 0 Å². The summed E-state index contributed by atoms with van der Waals surface area (Å²) in [5.41, 5.74) is 0.677. The van der Waals surface area contributed by atoms with Gasteiger partial charge in [0, 0.05) is 16.6 Å². The Morgan fingerprint density at radius 1 is 1.44 bits per heavy atom. The van der Waals surface area contributed by atoms with Crippen LogP contribution in [0.15, 0.2) is 18.2 Å². The number of halogens is 2. The summed E-state index contributed by atoms with van der Waals surface area (Å²) in [5.74, 6) is -0.298. The zero-order valence-corrected chi connectivity index (χ0v) is 11.0.